The van der Waals surface area contributed by atoms with E-state index in [0.29, 0.717) is 0 Å². The van der Waals surface area contributed by atoms with E-state index >= 15 is 0 Å². The summed E-state index contributed by atoms with van der Waals surface area (Å²) in [4.78, 5) is 9.15. The van der Waals surface area contributed by atoms with Crippen LogP contribution in [0.3, 0.4) is 0 Å². The molecule has 2 aliphatic heterocycles. The first kappa shape index (κ1) is 34.3. The number of rotatable bonds is 3. The largest absolute Gasteiger partial charge is 0.310 e. The first-order chi connectivity index (χ1) is 28.5. The third kappa shape index (κ3) is 4.91. The minimum absolute atomic E-state index is 0.000303. The van der Waals surface area contributed by atoms with Crippen molar-refractivity contribution in [3.8, 4) is 44.9 Å². The van der Waals surface area contributed by atoms with Gasteiger partial charge in [0.1, 0.15) is 6.33 Å². The van der Waals surface area contributed by atoms with E-state index in [1.165, 1.54) is 105 Å². The van der Waals surface area contributed by atoms with Gasteiger partial charge < -0.3 is 9.13 Å². The van der Waals surface area contributed by atoms with Crippen LogP contribution in [0, 0.1) is 0 Å². The third-order valence-electron chi connectivity index (χ3n) is 13.1. The summed E-state index contributed by atoms with van der Waals surface area (Å²) in [5.74, 6) is 0. The van der Waals surface area contributed by atoms with Crippen LogP contribution < -0.4 is 16.4 Å². The standard InChI is InChI=1S/C54H43BN4/c1-53(2,3)37-17-19-46-39(29-37)41-23-34(32-13-9-7-10-14-32)25-43-51(41)58(46)48-27-36(45-21-22-56-31-57-45)28-49-50(48)55(43)44-26-35(33-15-11-8-12-16-33)24-42-40-30-38(54(4,5)6)18-20-47(40)59(49)52(42)44/h7-31H,1-6H3. The first-order valence-electron chi connectivity index (χ1n) is 20.8. The molecule has 0 bridgehead atoms. The van der Waals surface area contributed by atoms with Crippen molar-refractivity contribution in [2.75, 3.05) is 0 Å². The van der Waals surface area contributed by atoms with Crippen molar-refractivity contribution in [1.82, 2.24) is 19.1 Å². The van der Waals surface area contributed by atoms with E-state index in [4.69, 9.17) is 4.98 Å². The Morgan fingerprint density at radius 1 is 0.458 bits per heavy atom. The molecule has 3 aromatic heterocycles. The Morgan fingerprint density at radius 3 is 1.39 bits per heavy atom. The van der Waals surface area contributed by atoms with Gasteiger partial charge >= 0.3 is 0 Å². The highest BCUT2D eigenvalue weighted by molar-refractivity contribution is 7.00. The molecule has 10 aromatic rings. The average Bonchev–Trinajstić information content (AvgIpc) is 3.76. The zero-order valence-corrected chi connectivity index (χ0v) is 34.3. The smallest absolute Gasteiger partial charge is 0.252 e. The molecule has 0 saturated carbocycles. The molecule has 0 atom stereocenters. The monoisotopic (exact) mass is 758 g/mol. The van der Waals surface area contributed by atoms with Crippen molar-refractivity contribution >= 4 is 66.7 Å². The Morgan fingerprint density at radius 2 is 0.949 bits per heavy atom. The molecule has 0 aliphatic carbocycles. The molecule has 59 heavy (non-hydrogen) atoms. The molecule has 7 aromatic carbocycles. The summed E-state index contributed by atoms with van der Waals surface area (Å²) in [5, 5.41) is 5.15. The van der Waals surface area contributed by atoms with Crippen molar-refractivity contribution in [2.45, 2.75) is 52.4 Å². The highest BCUT2D eigenvalue weighted by Gasteiger charge is 2.42. The van der Waals surface area contributed by atoms with E-state index < -0.39 is 0 Å². The van der Waals surface area contributed by atoms with Crippen LogP contribution in [0.1, 0.15) is 52.7 Å². The van der Waals surface area contributed by atoms with E-state index in [-0.39, 0.29) is 17.5 Å². The number of fused-ring (bicyclic) bond motifs is 10. The van der Waals surface area contributed by atoms with Crippen molar-refractivity contribution < 1.29 is 0 Å². The Kier molecular flexibility index (Phi) is 6.94. The lowest BCUT2D eigenvalue weighted by atomic mass is 9.34. The summed E-state index contributed by atoms with van der Waals surface area (Å²) in [5.41, 5.74) is 21.1. The molecule has 0 saturated heterocycles. The fourth-order valence-electron chi connectivity index (χ4n) is 10.2. The minimum Gasteiger partial charge on any atom is -0.310 e. The molecule has 0 unspecified atom stereocenters. The Labute approximate surface area is 344 Å². The van der Waals surface area contributed by atoms with Gasteiger partial charge in [0, 0.05) is 55.7 Å². The number of benzene rings is 7. The average molecular weight is 759 g/mol. The molecule has 4 nitrogen and oxygen atoms in total. The number of nitrogens with zero attached hydrogens (tertiary/aromatic N) is 4. The fourth-order valence-corrected chi connectivity index (χ4v) is 10.2. The normalized spacial score (nSPS) is 13.2. The lowest BCUT2D eigenvalue weighted by molar-refractivity contribution is 0.591. The molecule has 5 heterocycles. The molecule has 0 amide bonds. The second kappa shape index (κ2) is 11.9. The van der Waals surface area contributed by atoms with Crippen molar-refractivity contribution in [2.24, 2.45) is 0 Å². The number of hydrogen-bond donors (Lipinski definition) is 0. The van der Waals surface area contributed by atoms with Crippen LogP contribution in [0.15, 0.2) is 152 Å². The topological polar surface area (TPSA) is 35.6 Å². The van der Waals surface area contributed by atoms with Gasteiger partial charge in [-0.25, -0.2) is 9.97 Å². The maximum Gasteiger partial charge on any atom is 0.252 e. The summed E-state index contributed by atoms with van der Waals surface area (Å²) in [6.45, 7) is 13.9. The molecule has 282 valence electrons. The zero-order chi connectivity index (χ0) is 39.9. The maximum absolute atomic E-state index is 4.83. The van der Waals surface area contributed by atoms with E-state index in [1.807, 2.05) is 12.3 Å². The van der Waals surface area contributed by atoms with Gasteiger partial charge in [-0.15, -0.1) is 0 Å². The molecule has 12 rings (SSSR count). The van der Waals surface area contributed by atoms with E-state index in [2.05, 4.69) is 189 Å². The van der Waals surface area contributed by atoms with Gasteiger partial charge in [0.25, 0.3) is 6.71 Å². The van der Waals surface area contributed by atoms with Crippen LogP contribution in [0.25, 0.3) is 88.5 Å². The lowest BCUT2D eigenvalue weighted by Gasteiger charge is -2.34. The number of hydrogen-bond acceptors (Lipinski definition) is 2. The summed E-state index contributed by atoms with van der Waals surface area (Å²) in [6.07, 6.45) is 3.52. The van der Waals surface area contributed by atoms with Gasteiger partial charge in [0.05, 0.1) is 16.7 Å². The SMILES string of the molecule is CC(C)(C)c1ccc2c(c1)c1cc(-c3ccccc3)cc3c1n2-c1cc(-c2ccncn2)cc2c1B3c1cc(-c3ccccc3)cc3c4cc(C(C)(C)C)ccc4n-2c13. The van der Waals surface area contributed by atoms with Gasteiger partial charge in [0.2, 0.25) is 0 Å². The third-order valence-corrected chi connectivity index (χ3v) is 13.1. The van der Waals surface area contributed by atoms with Gasteiger partial charge in [-0.3, -0.25) is 0 Å². The van der Waals surface area contributed by atoms with Crippen LogP contribution in [-0.2, 0) is 10.8 Å². The first-order valence-corrected chi connectivity index (χ1v) is 20.8. The van der Waals surface area contributed by atoms with Gasteiger partial charge in [0.15, 0.2) is 0 Å². The molecule has 0 N–H and O–H groups in total. The summed E-state index contributed by atoms with van der Waals surface area (Å²) >= 11 is 0. The van der Waals surface area contributed by atoms with Crippen LogP contribution in [0.5, 0.6) is 0 Å². The summed E-state index contributed by atoms with van der Waals surface area (Å²) in [6, 6.07) is 52.9. The predicted molar refractivity (Wildman–Crippen MR) is 249 cm³/mol. The van der Waals surface area contributed by atoms with E-state index in [1.54, 1.807) is 6.33 Å². The Balaban J connectivity index is 1.30. The molecule has 5 heteroatoms. The lowest BCUT2D eigenvalue weighted by Crippen LogP contribution is -2.59. The summed E-state index contributed by atoms with van der Waals surface area (Å²) < 4.78 is 5.15. The summed E-state index contributed by atoms with van der Waals surface area (Å²) in [7, 11) is 0. The van der Waals surface area contributed by atoms with Crippen molar-refractivity contribution in [3.63, 3.8) is 0 Å². The van der Waals surface area contributed by atoms with Crippen LogP contribution >= 0.6 is 0 Å². The fraction of sp³-hybridized carbons (Fsp3) is 0.148. The van der Waals surface area contributed by atoms with Crippen molar-refractivity contribution in [1.29, 1.82) is 0 Å². The highest BCUT2D eigenvalue weighted by atomic mass is 15.0. The second-order valence-corrected chi connectivity index (χ2v) is 18.7. The van der Waals surface area contributed by atoms with Gasteiger partial charge in [-0.05, 0) is 115 Å². The van der Waals surface area contributed by atoms with Gasteiger partial charge in [-0.2, -0.15) is 0 Å². The molecule has 0 spiro atoms. The van der Waals surface area contributed by atoms with E-state index in [9.17, 15) is 0 Å². The van der Waals surface area contributed by atoms with Crippen molar-refractivity contribution in [3.05, 3.63) is 163 Å². The molecule has 0 fully saturated rings. The van der Waals surface area contributed by atoms with Crippen LogP contribution in [-0.4, -0.2) is 25.8 Å². The van der Waals surface area contributed by atoms with Gasteiger partial charge in [-0.1, -0.05) is 126 Å². The highest BCUT2D eigenvalue weighted by Crippen LogP contribution is 2.44. The predicted octanol–water partition coefficient (Wildman–Crippen LogP) is 11.4. The second-order valence-electron chi connectivity index (χ2n) is 18.7. The van der Waals surface area contributed by atoms with Crippen LogP contribution in [0.2, 0.25) is 0 Å². The van der Waals surface area contributed by atoms with Crippen LogP contribution in [0.4, 0.5) is 0 Å². The molecular weight excluding hydrogens is 715 g/mol. The molecular formula is C54H43BN4. The molecule has 0 radical (unpaired) electrons. The van der Waals surface area contributed by atoms with E-state index in [0.717, 1.165) is 11.3 Å². The zero-order valence-electron chi connectivity index (χ0n) is 34.3. The Hall–Kier alpha value is -6.72. The molecule has 2 aliphatic rings. The number of aromatic nitrogens is 4. The minimum atomic E-state index is -0.0189. The quantitative estimate of drug-likeness (QED) is 0.168. The Bertz CT molecular complexity index is 3180. The maximum atomic E-state index is 4.83.